The third-order valence-electron chi connectivity index (χ3n) is 2.36. The number of carboxylic acid groups (broad SMARTS) is 1. The Kier molecular flexibility index (Phi) is 4.69. The average molecular weight is 202 g/mol. The highest BCUT2D eigenvalue weighted by atomic mass is 16.5. The maximum atomic E-state index is 10.2. The molecule has 0 spiro atoms. The largest absolute Gasteiger partial charge is 0.465 e. The summed E-state index contributed by atoms with van der Waals surface area (Å²) < 4.78 is 5.50. The third kappa shape index (κ3) is 4.43. The van der Waals surface area contributed by atoms with E-state index in [1.807, 2.05) is 0 Å². The lowest BCUT2D eigenvalue weighted by molar-refractivity contribution is 0.00750. The lowest BCUT2D eigenvalue weighted by Gasteiger charge is -2.25. The van der Waals surface area contributed by atoms with E-state index in [2.05, 4.69) is 5.32 Å². The molecule has 0 bridgehead atoms. The van der Waals surface area contributed by atoms with E-state index in [1.54, 1.807) is 0 Å². The minimum atomic E-state index is -1.02. The predicted octanol–water partition coefficient (Wildman–Crippen LogP) is 0.540. The summed E-state index contributed by atoms with van der Waals surface area (Å²) in [4.78, 5) is 10.2. The molecule has 14 heavy (non-hydrogen) atoms. The molecular weight excluding hydrogens is 184 g/mol. The maximum Gasteiger partial charge on any atom is 0.404 e. The monoisotopic (exact) mass is 202 g/mol. The maximum absolute atomic E-state index is 10.2. The molecule has 0 aliphatic carbocycles. The van der Waals surface area contributed by atoms with E-state index in [9.17, 15) is 4.79 Å². The highest BCUT2D eigenvalue weighted by Gasteiger charge is 2.17. The van der Waals surface area contributed by atoms with Crippen LogP contribution in [0, 0.1) is 0 Å². The van der Waals surface area contributed by atoms with Crippen LogP contribution in [0.25, 0.3) is 0 Å². The number of rotatable bonds is 4. The smallest absolute Gasteiger partial charge is 0.404 e. The van der Waals surface area contributed by atoms with Crippen molar-refractivity contribution in [1.82, 2.24) is 5.32 Å². The van der Waals surface area contributed by atoms with Gasteiger partial charge >= 0.3 is 6.09 Å². The topological polar surface area (TPSA) is 84.6 Å². The van der Waals surface area contributed by atoms with Crippen LogP contribution >= 0.6 is 0 Å². The molecule has 1 saturated heterocycles. The normalized spacial score (nSPS) is 24.2. The molecule has 0 aromatic heterocycles. The molecular formula is C9H18N2O3. The van der Waals surface area contributed by atoms with E-state index in [0.29, 0.717) is 6.54 Å². The van der Waals surface area contributed by atoms with Crippen molar-refractivity contribution in [2.75, 3.05) is 13.2 Å². The molecule has 1 aliphatic rings. The zero-order valence-electron chi connectivity index (χ0n) is 8.24. The summed E-state index contributed by atoms with van der Waals surface area (Å²) in [5.74, 6) is 0. The summed E-state index contributed by atoms with van der Waals surface area (Å²) in [6.07, 6.45) is 3.28. The van der Waals surface area contributed by atoms with Gasteiger partial charge in [-0.1, -0.05) is 0 Å². The predicted molar refractivity (Wildman–Crippen MR) is 52.2 cm³/mol. The molecule has 1 rings (SSSR count). The fourth-order valence-corrected chi connectivity index (χ4v) is 1.63. The van der Waals surface area contributed by atoms with E-state index >= 15 is 0 Å². The first-order valence-corrected chi connectivity index (χ1v) is 5.02. The second-order valence-corrected chi connectivity index (χ2v) is 3.67. The van der Waals surface area contributed by atoms with E-state index in [0.717, 1.165) is 25.9 Å². The van der Waals surface area contributed by atoms with Gasteiger partial charge in [0.25, 0.3) is 0 Å². The van der Waals surface area contributed by atoms with Crippen LogP contribution < -0.4 is 11.1 Å². The summed E-state index contributed by atoms with van der Waals surface area (Å²) in [5.41, 5.74) is 5.75. The molecule has 0 aromatic rings. The Hall–Kier alpha value is -0.810. The van der Waals surface area contributed by atoms with E-state index in [1.165, 1.54) is 6.42 Å². The number of ether oxygens (including phenoxy) is 1. The molecule has 1 heterocycles. The first kappa shape index (κ1) is 11.3. The Morgan fingerprint density at radius 2 is 2.43 bits per heavy atom. The van der Waals surface area contributed by atoms with Crippen LogP contribution in [0.2, 0.25) is 0 Å². The van der Waals surface area contributed by atoms with Crippen molar-refractivity contribution in [2.24, 2.45) is 5.73 Å². The van der Waals surface area contributed by atoms with Crippen LogP contribution in [0.4, 0.5) is 4.79 Å². The van der Waals surface area contributed by atoms with Gasteiger partial charge in [0.15, 0.2) is 0 Å². The molecule has 5 nitrogen and oxygen atoms in total. The molecule has 82 valence electrons. The van der Waals surface area contributed by atoms with Gasteiger partial charge in [0.1, 0.15) is 0 Å². The lowest BCUT2D eigenvalue weighted by atomic mass is 10.0. The fraction of sp³-hybridized carbons (Fsp3) is 0.889. The minimum absolute atomic E-state index is 0.144. The van der Waals surface area contributed by atoms with Crippen molar-refractivity contribution in [3.05, 3.63) is 0 Å². The molecule has 0 aromatic carbocycles. The number of carbonyl (C=O) groups is 1. The standard InChI is InChI=1S/C9H18N2O3/c10-7(6-11-9(12)13)5-8-3-1-2-4-14-8/h7-8,11H,1-6,10H2,(H,12,13)/t7-,8?/m0/s1. The van der Waals surface area contributed by atoms with Crippen molar-refractivity contribution in [3.63, 3.8) is 0 Å². The number of nitrogens with two attached hydrogens (primary N) is 1. The van der Waals surface area contributed by atoms with E-state index < -0.39 is 6.09 Å². The van der Waals surface area contributed by atoms with Gasteiger partial charge in [0.05, 0.1) is 6.10 Å². The summed E-state index contributed by atoms with van der Waals surface area (Å²) >= 11 is 0. The Morgan fingerprint density at radius 1 is 1.64 bits per heavy atom. The van der Waals surface area contributed by atoms with Gasteiger partial charge < -0.3 is 20.9 Å². The highest BCUT2D eigenvalue weighted by molar-refractivity contribution is 5.64. The number of amides is 1. The van der Waals surface area contributed by atoms with Crippen LogP contribution in [0.3, 0.4) is 0 Å². The van der Waals surface area contributed by atoms with Crippen molar-refractivity contribution in [1.29, 1.82) is 0 Å². The average Bonchev–Trinajstić information content (AvgIpc) is 2.16. The zero-order valence-corrected chi connectivity index (χ0v) is 8.24. The van der Waals surface area contributed by atoms with Crippen molar-refractivity contribution in [2.45, 2.75) is 37.8 Å². The SMILES string of the molecule is N[C@H](CNC(=O)O)CC1CCCCO1. The Bertz CT molecular complexity index is 181. The van der Waals surface area contributed by atoms with Crippen LogP contribution in [-0.2, 0) is 4.74 Å². The highest BCUT2D eigenvalue weighted by Crippen LogP contribution is 2.16. The van der Waals surface area contributed by atoms with Crippen LogP contribution in [0.1, 0.15) is 25.7 Å². The zero-order chi connectivity index (χ0) is 10.4. The number of hydrogen-bond acceptors (Lipinski definition) is 3. The first-order chi connectivity index (χ1) is 6.68. The summed E-state index contributed by atoms with van der Waals surface area (Å²) in [7, 11) is 0. The van der Waals surface area contributed by atoms with Gasteiger partial charge in [-0.2, -0.15) is 0 Å². The fourth-order valence-electron chi connectivity index (χ4n) is 1.63. The van der Waals surface area contributed by atoms with Gasteiger partial charge in [-0.15, -0.1) is 0 Å². The quantitative estimate of drug-likeness (QED) is 0.621. The van der Waals surface area contributed by atoms with Gasteiger partial charge in [-0.05, 0) is 25.7 Å². The van der Waals surface area contributed by atoms with Crippen molar-refractivity contribution >= 4 is 6.09 Å². The summed E-state index contributed by atoms with van der Waals surface area (Å²) in [6, 6.07) is -0.144. The third-order valence-corrected chi connectivity index (χ3v) is 2.36. The lowest BCUT2D eigenvalue weighted by Crippen LogP contribution is -2.39. The van der Waals surface area contributed by atoms with Gasteiger partial charge in [0, 0.05) is 19.2 Å². The molecule has 0 radical (unpaired) electrons. The molecule has 1 amide bonds. The Morgan fingerprint density at radius 3 is 3.00 bits per heavy atom. The summed E-state index contributed by atoms with van der Waals surface area (Å²) in [5, 5.41) is 10.6. The molecule has 2 atom stereocenters. The van der Waals surface area contributed by atoms with Gasteiger partial charge in [-0.25, -0.2) is 4.79 Å². The number of nitrogens with one attached hydrogen (secondary N) is 1. The molecule has 1 fully saturated rings. The molecule has 5 heteroatoms. The van der Waals surface area contributed by atoms with Crippen LogP contribution in [-0.4, -0.2) is 36.5 Å². The van der Waals surface area contributed by atoms with E-state index in [4.69, 9.17) is 15.6 Å². The molecule has 1 aliphatic heterocycles. The number of hydrogen-bond donors (Lipinski definition) is 3. The van der Waals surface area contributed by atoms with Crippen molar-refractivity contribution in [3.8, 4) is 0 Å². The molecule has 4 N–H and O–H groups in total. The summed E-state index contributed by atoms with van der Waals surface area (Å²) in [6.45, 7) is 1.11. The van der Waals surface area contributed by atoms with E-state index in [-0.39, 0.29) is 12.1 Å². The molecule has 1 unspecified atom stereocenters. The first-order valence-electron chi connectivity index (χ1n) is 5.02. The second kappa shape index (κ2) is 5.82. The Balaban J connectivity index is 2.11. The van der Waals surface area contributed by atoms with Gasteiger partial charge in [0.2, 0.25) is 0 Å². The Labute approximate surface area is 83.6 Å². The minimum Gasteiger partial charge on any atom is -0.465 e. The van der Waals surface area contributed by atoms with Gasteiger partial charge in [-0.3, -0.25) is 0 Å². The van der Waals surface area contributed by atoms with Crippen LogP contribution in [0.15, 0.2) is 0 Å². The van der Waals surface area contributed by atoms with Crippen LogP contribution in [0.5, 0.6) is 0 Å². The second-order valence-electron chi connectivity index (χ2n) is 3.67. The molecule has 0 saturated carbocycles. The van der Waals surface area contributed by atoms with Crippen molar-refractivity contribution < 1.29 is 14.6 Å².